The van der Waals surface area contributed by atoms with Crippen molar-refractivity contribution in [2.45, 2.75) is 71.2 Å². The van der Waals surface area contributed by atoms with Gasteiger partial charge in [0.15, 0.2) is 0 Å². The molecule has 0 fully saturated rings. The van der Waals surface area contributed by atoms with Crippen molar-refractivity contribution in [1.29, 1.82) is 0 Å². The number of benzene rings is 1. The molecule has 11 heteroatoms. The molecule has 0 saturated carbocycles. The Morgan fingerprint density at radius 1 is 1.10 bits per heavy atom. The molecule has 0 radical (unpaired) electrons. The first-order chi connectivity index (χ1) is 18.4. The molecule has 3 N–H and O–H groups in total. The van der Waals surface area contributed by atoms with Crippen molar-refractivity contribution >= 4 is 35.6 Å². The molecule has 2 aliphatic heterocycles. The summed E-state index contributed by atoms with van der Waals surface area (Å²) in [6, 6.07) is 4.38. The maximum atomic E-state index is 13.5. The molecule has 2 aliphatic rings. The van der Waals surface area contributed by atoms with Crippen molar-refractivity contribution in [3.05, 3.63) is 42.0 Å². The van der Waals surface area contributed by atoms with Crippen LogP contribution in [0.25, 0.3) is 0 Å². The molecule has 3 rings (SSSR count). The number of amides is 3. The highest BCUT2D eigenvalue weighted by atomic mass is 32.2. The summed E-state index contributed by atoms with van der Waals surface area (Å²) in [5.74, 6) is -0.0135. The summed E-state index contributed by atoms with van der Waals surface area (Å²) in [5.41, 5.74) is 0.0162. The van der Waals surface area contributed by atoms with E-state index >= 15 is 0 Å². The Balaban J connectivity index is 2.37. The summed E-state index contributed by atoms with van der Waals surface area (Å²) in [6.45, 7) is 9.39. The summed E-state index contributed by atoms with van der Waals surface area (Å²) in [6.07, 6.45) is 3.54. The zero-order chi connectivity index (χ0) is 29.0. The van der Waals surface area contributed by atoms with Gasteiger partial charge in [-0.15, -0.1) is 0 Å². The lowest BCUT2D eigenvalue weighted by Crippen LogP contribution is -2.57. The highest BCUT2D eigenvalue weighted by Crippen LogP contribution is 2.16. The largest absolute Gasteiger partial charge is 0.490 e. The molecule has 2 bridgehead atoms. The Labute approximate surface area is 235 Å². The first-order valence-corrected chi connectivity index (χ1v) is 14.2. The van der Waals surface area contributed by atoms with Crippen LogP contribution in [0.5, 0.6) is 5.75 Å². The lowest BCUT2D eigenvalue weighted by molar-refractivity contribution is -0.144. The van der Waals surface area contributed by atoms with Gasteiger partial charge in [0.2, 0.25) is 11.8 Å². The number of thioether (sulfide) groups is 1. The van der Waals surface area contributed by atoms with Crippen LogP contribution in [-0.2, 0) is 30.3 Å². The molecule has 0 unspecified atom stereocenters. The highest BCUT2D eigenvalue weighted by Gasteiger charge is 2.31. The van der Waals surface area contributed by atoms with E-state index < -0.39 is 47.6 Å². The molecule has 2 heterocycles. The second kappa shape index (κ2) is 15.4. The van der Waals surface area contributed by atoms with E-state index in [4.69, 9.17) is 14.2 Å². The average molecular weight is 564 g/mol. The number of alkyl carbamates (subject to hydrolysis) is 1. The minimum Gasteiger partial charge on any atom is -0.490 e. The van der Waals surface area contributed by atoms with Gasteiger partial charge in [-0.1, -0.05) is 38.1 Å². The first-order valence-electron chi connectivity index (χ1n) is 13.0. The molecular weight excluding hydrogens is 522 g/mol. The number of carbonyl (C=O) groups is 4. The van der Waals surface area contributed by atoms with Crippen molar-refractivity contribution < 1.29 is 33.4 Å². The van der Waals surface area contributed by atoms with Crippen molar-refractivity contribution in [2.75, 3.05) is 25.2 Å². The predicted molar refractivity (Wildman–Crippen MR) is 151 cm³/mol. The molecule has 0 saturated heterocycles. The van der Waals surface area contributed by atoms with Gasteiger partial charge in [0.1, 0.15) is 36.1 Å². The van der Waals surface area contributed by atoms with Crippen molar-refractivity contribution in [3.8, 4) is 5.75 Å². The van der Waals surface area contributed by atoms with E-state index in [1.807, 2.05) is 38.1 Å². The SMILES string of the molecule is COC(=O)[C@H]1CSC/C=C\COc2ccc(cc2)C[C@H](NC(=O)OC(C)(C)C)C(=O)N[C@@H](CC(C)C)C(=O)N1. The maximum absolute atomic E-state index is 13.5. The zero-order valence-electron chi connectivity index (χ0n) is 23.6. The van der Waals surface area contributed by atoms with Crippen LogP contribution in [0.2, 0.25) is 0 Å². The topological polar surface area (TPSA) is 132 Å². The second-order valence-electron chi connectivity index (χ2n) is 10.6. The van der Waals surface area contributed by atoms with Crippen LogP contribution in [0.3, 0.4) is 0 Å². The first kappa shape index (κ1) is 32.0. The fourth-order valence-corrected chi connectivity index (χ4v) is 4.57. The average Bonchev–Trinajstić information content (AvgIpc) is 2.85. The summed E-state index contributed by atoms with van der Waals surface area (Å²) in [7, 11) is 1.26. The van der Waals surface area contributed by atoms with E-state index in [9.17, 15) is 19.2 Å². The third-order valence-electron chi connectivity index (χ3n) is 5.52. The fourth-order valence-electron chi connectivity index (χ4n) is 3.71. The highest BCUT2D eigenvalue weighted by molar-refractivity contribution is 7.99. The van der Waals surface area contributed by atoms with Crippen LogP contribution in [0.1, 0.15) is 46.6 Å². The molecule has 0 aromatic heterocycles. The maximum Gasteiger partial charge on any atom is 0.408 e. The molecule has 0 aliphatic carbocycles. The molecule has 1 aromatic rings. The van der Waals surface area contributed by atoms with Crippen LogP contribution < -0.4 is 20.7 Å². The van der Waals surface area contributed by atoms with Gasteiger partial charge in [-0.25, -0.2) is 9.59 Å². The third kappa shape index (κ3) is 12.0. The lowest BCUT2D eigenvalue weighted by Gasteiger charge is -2.27. The molecule has 10 nitrogen and oxygen atoms in total. The minimum absolute atomic E-state index is 0.0588. The van der Waals surface area contributed by atoms with Gasteiger partial charge in [0, 0.05) is 17.9 Å². The summed E-state index contributed by atoms with van der Waals surface area (Å²) >= 11 is 1.45. The Bertz CT molecular complexity index is 1010. The number of methoxy groups -OCH3 is 1. The van der Waals surface area contributed by atoms with E-state index in [1.165, 1.54) is 18.9 Å². The van der Waals surface area contributed by atoms with E-state index in [0.717, 1.165) is 5.56 Å². The monoisotopic (exact) mass is 563 g/mol. The quantitative estimate of drug-likeness (QED) is 0.376. The van der Waals surface area contributed by atoms with Gasteiger partial charge >= 0.3 is 12.1 Å². The minimum atomic E-state index is -1.02. The number of esters is 1. The van der Waals surface area contributed by atoms with Crippen LogP contribution in [0, 0.1) is 5.92 Å². The van der Waals surface area contributed by atoms with Gasteiger partial charge in [-0.2, -0.15) is 11.8 Å². The zero-order valence-corrected chi connectivity index (χ0v) is 24.4. The Morgan fingerprint density at radius 3 is 2.41 bits per heavy atom. The van der Waals surface area contributed by atoms with Gasteiger partial charge in [0.25, 0.3) is 0 Å². The Morgan fingerprint density at radius 2 is 1.79 bits per heavy atom. The van der Waals surface area contributed by atoms with Crippen molar-refractivity contribution in [1.82, 2.24) is 16.0 Å². The molecule has 0 spiro atoms. The van der Waals surface area contributed by atoms with Gasteiger partial charge < -0.3 is 30.2 Å². The van der Waals surface area contributed by atoms with Crippen LogP contribution in [-0.4, -0.2) is 72.8 Å². The van der Waals surface area contributed by atoms with Gasteiger partial charge in [-0.3, -0.25) is 9.59 Å². The molecule has 3 amide bonds. The fraction of sp³-hybridized carbons (Fsp3) is 0.571. The van der Waals surface area contributed by atoms with E-state index in [2.05, 4.69) is 16.0 Å². The third-order valence-corrected chi connectivity index (χ3v) is 6.52. The summed E-state index contributed by atoms with van der Waals surface area (Å²) < 4.78 is 16.0. The predicted octanol–water partition coefficient (Wildman–Crippen LogP) is 2.99. The van der Waals surface area contributed by atoms with Crippen LogP contribution in [0.15, 0.2) is 36.4 Å². The van der Waals surface area contributed by atoms with Gasteiger partial charge in [-0.05, 0) is 50.8 Å². The number of ether oxygens (including phenoxy) is 3. The van der Waals surface area contributed by atoms with Crippen LogP contribution in [0.4, 0.5) is 4.79 Å². The number of fused-ring (bicyclic) bond motifs is 15. The smallest absolute Gasteiger partial charge is 0.408 e. The number of nitrogens with one attached hydrogen (secondary N) is 3. The van der Waals surface area contributed by atoms with E-state index in [0.29, 0.717) is 24.5 Å². The molecule has 3 atom stereocenters. The normalized spacial score (nSPS) is 22.3. The second-order valence-corrected chi connectivity index (χ2v) is 11.7. The van der Waals surface area contributed by atoms with Crippen molar-refractivity contribution in [3.63, 3.8) is 0 Å². The number of carbonyl (C=O) groups excluding carboxylic acids is 4. The van der Waals surface area contributed by atoms with E-state index in [1.54, 1.807) is 32.9 Å². The number of rotatable bonds is 4. The number of hydrogen-bond donors (Lipinski definition) is 3. The molecule has 39 heavy (non-hydrogen) atoms. The Kier molecular flexibility index (Phi) is 12.6. The van der Waals surface area contributed by atoms with Gasteiger partial charge in [0.05, 0.1) is 7.11 Å². The molecular formula is C28H41N3O7S. The summed E-state index contributed by atoms with van der Waals surface area (Å²) in [4.78, 5) is 51.7. The van der Waals surface area contributed by atoms with E-state index in [-0.39, 0.29) is 18.1 Å². The number of hydrogen-bond acceptors (Lipinski definition) is 8. The lowest BCUT2D eigenvalue weighted by atomic mass is 10.0. The standard InChI is InChI=1S/C28H41N3O7S/c1-18(2)15-21-24(32)30-23(26(34)36-6)17-39-14-8-7-13-37-20-11-9-19(10-12-20)16-22(25(33)29-21)31-27(35)38-28(3,4)5/h7-12,18,21-23H,13-17H2,1-6H3,(H,29,33)(H,30,32)(H,31,35)/b8-7-/t21-,22-,23+/m0/s1. The molecule has 1 aromatic carbocycles. The Hall–Kier alpha value is -3.21. The van der Waals surface area contributed by atoms with Crippen molar-refractivity contribution in [2.24, 2.45) is 5.92 Å². The van der Waals surface area contributed by atoms with Crippen LogP contribution >= 0.6 is 11.8 Å². The summed E-state index contributed by atoms with van der Waals surface area (Å²) in [5, 5.41) is 8.16. The molecule has 216 valence electrons.